The lowest BCUT2D eigenvalue weighted by molar-refractivity contribution is 1.49. The quantitative estimate of drug-likeness (QED) is 0.420. The van der Waals surface area contributed by atoms with Gasteiger partial charge in [0.15, 0.2) is 0 Å². The van der Waals surface area contributed by atoms with Gasteiger partial charge in [-0.3, -0.25) is 0 Å². The standard InChI is InChI=1S/C16H9Cl2NS/c17-12-6-5-9(7-13(12)18)11-8-19-15-10-3-1-2-4-14(10)20-16(11)15/h1-8,19H. The number of fused-ring (bicyclic) bond motifs is 3. The fraction of sp³-hybridized carbons (Fsp3) is 0. The zero-order chi connectivity index (χ0) is 13.7. The second-order valence-electron chi connectivity index (χ2n) is 4.63. The first-order valence-corrected chi connectivity index (χ1v) is 7.75. The first-order chi connectivity index (χ1) is 9.74. The van der Waals surface area contributed by atoms with Crippen molar-refractivity contribution < 1.29 is 0 Å². The van der Waals surface area contributed by atoms with Crippen LogP contribution in [0.2, 0.25) is 10.0 Å². The molecule has 0 fully saturated rings. The Bertz CT molecular complexity index is 936. The summed E-state index contributed by atoms with van der Waals surface area (Å²) in [6.07, 6.45) is 2.03. The molecule has 20 heavy (non-hydrogen) atoms. The van der Waals surface area contributed by atoms with Gasteiger partial charge < -0.3 is 4.98 Å². The molecule has 0 spiro atoms. The SMILES string of the molecule is Clc1ccc(-c2c[nH]c3c2sc2ccccc23)cc1Cl. The number of thiophene rings is 1. The van der Waals surface area contributed by atoms with Gasteiger partial charge >= 0.3 is 0 Å². The predicted molar refractivity (Wildman–Crippen MR) is 89.1 cm³/mol. The molecule has 0 saturated heterocycles. The molecule has 98 valence electrons. The highest BCUT2D eigenvalue weighted by molar-refractivity contribution is 7.26. The first kappa shape index (κ1) is 12.3. The van der Waals surface area contributed by atoms with E-state index in [0.717, 1.165) is 5.56 Å². The van der Waals surface area contributed by atoms with E-state index in [9.17, 15) is 0 Å². The maximum atomic E-state index is 6.12. The summed E-state index contributed by atoms with van der Waals surface area (Å²) in [7, 11) is 0. The Kier molecular flexibility index (Phi) is 2.77. The van der Waals surface area contributed by atoms with Crippen molar-refractivity contribution in [1.29, 1.82) is 0 Å². The number of rotatable bonds is 1. The lowest BCUT2D eigenvalue weighted by atomic mass is 10.1. The number of aromatic amines is 1. The van der Waals surface area contributed by atoms with E-state index >= 15 is 0 Å². The van der Waals surface area contributed by atoms with E-state index in [2.05, 4.69) is 29.2 Å². The number of benzene rings is 2. The maximum Gasteiger partial charge on any atom is 0.0650 e. The summed E-state index contributed by atoms with van der Waals surface area (Å²) in [5.41, 5.74) is 3.43. The smallest absolute Gasteiger partial charge is 0.0650 e. The van der Waals surface area contributed by atoms with Crippen LogP contribution in [-0.4, -0.2) is 4.98 Å². The Morgan fingerprint density at radius 2 is 1.80 bits per heavy atom. The van der Waals surface area contributed by atoms with Crippen molar-refractivity contribution >= 4 is 54.8 Å². The molecule has 4 heteroatoms. The molecular weight excluding hydrogens is 309 g/mol. The third-order valence-corrected chi connectivity index (χ3v) is 5.37. The average molecular weight is 318 g/mol. The van der Waals surface area contributed by atoms with Gasteiger partial charge in [0, 0.05) is 21.8 Å². The topological polar surface area (TPSA) is 15.8 Å². The Labute approximate surface area is 129 Å². The molecule has 2 heterocycles. The zero-order valence-corrected chi connectivity index (χ0v) is 12.6. The van der Waals surface area contributed by atoms with Gasteiger partial charge in [-0.05, 0) is 23.8 Å². The van der Waals surface area contributed by atoms with Crippen LogP contribution < -0.4 is 0 Å². The minimum atomic E-state index is 0.582. The Morgan fingerprint density at radius 3 is 2.65 bits per heavy atom. The molecule has 0 radical (unpaired) electrons. The largest absolute Gasteiger partial charge is 0.359 e. The molecule has 1 N–H and O–H groups in total. The number of nitrogens with one attached hydrogen (secondary N) is 1. The third-order valence-electron chi connectivity index (χ3n) is 3.43. The van der Waals surface area contributed by atoms with Crippen molar-refractivity contribution in [3.63, 3.8) is 0 Å². The highest BCUT2D eigenvalue weighted by Gasteiger charge is 2.12. The van der Waals surface area contributed by atoms with Crippen molar-refractivity contribution in [3.8, 4) is 11.1 Å². The van der Waals surface area contributed by atoms with E-state index in [-0.39, 0.29) is 0 Å². The summed E-state index contributed by atoms with van der Waals surface area (Å²) in [6, 6.07) is 14.2. The van der Waals surface area contributed by atoms with Gasteiger partial charge in [0.05, 0.1) is 20.3 Å². The molecule has 0 amide bonds. The monoisotopic (exact) mass is 317 g/mol. The first-order valence-electron chi connectivity index (χ1n) is 6.18. The summed E-state index contributed by atoms with van der Waals surface area (Å²) < 4.78 is 2.54. The molecule has 2 aromatic carbocycles. The number of halogens is 2. The minimum Gasteiger partial charge on any atom is -0.359 e. The van der Waals surface area contributed by atoms with Gasteiger partial charge in [0.2, 0.25) is 0 Å². The van der Waals surface area contributed by atoms with Gasteiger partial charge in [-0.15, -0.1) is 11.3 Å². The van der Waals surface area contributed by atoms with Crippen LogP contribution in [0.5, 0.6) is 0 Å². The highest BCUT2D eigenvalue weighted by Crippen LogP contribution is 2.40. The van der Waals surface area contributed by atoms with Crippen LogP contribution in [0.3, 0.4) is 0 Å². The number of hydrogen-bond donors (Lipinski definition) is 1. The van der Waals surface area contributed by atoms with E-state index < -0.39 is 0 Å². The molecule has 2 aromatic heterocycles. The molecule has 0 saturated carbocycles. The van der Waals surface area contributed by atoms with Gasteiger partial charge in [0.25, 0.3) is 0 Å². The fourth-order valence-electron chi connectivity index (χ4n) is 2.47. The number of H-pyrrole nitrogens is 1. The molecule has 0 bridgehead atoms. The van der Waals surface area contributed by atoms with Gasteiger partial charge in [0.1, 0.15) is 0 Å². The van der Waals surface area contributed by atoms with Gasteiger partial charge in [-0.25, -0.2) is 0 Å². The second-order valence-corrected chi connectivity index (χ2v) is 6.50. The van der Waals surface area contributed by atoms with Crippen molar-refractivity contribution in [3.05, 3.63) is 58.7 Å². The van der Waals surface area contributed by atoms with E-state index in [1.807, 2.05) is 24.4 Å². The molecular formula is C16H9Cl2NS. The fourth-order valence-corrected chi connectivity index (χ4v) is 3.97. The molecule has 4 rings (SSSR count). The molecule has 0 aliphatic heterocycles. The van der Waals surface area contributed by atoms with Crippen molar-refractivity contribution in [2.45, 2.75) is 0 Å². The van der Waals surface area contributed by atoms with Crippen molar-refractivity contribution in [2.75, 3.05) is 0 Å². The van der Waals surface area contributed by atoms with Crippen LogP contribution in [0.25, 0.3) is 31.4 Å². The summed E-state index contributed by atoms with van der Waals surface area (Å²) in [4.78, 5) is 3.38. The van der Waals surface area contributed by atoms with Crippen LogP contribution in [-0.2, 0) is 0 Å². The summed E-state index contributed by atoms with van der Waals surface area (Å²) in [5, 5.41) is 2.43. The summed E-state index contributed by atoms with van der Waals surface area (Å²) in [5.74, 6) is 0. The molecule has 0 unspecified atom stereocenters. The molecule has 0 atom stereocenters. The molecule has 1 nitrogen and oxygen atoms in total. The van der Waals surface area contributed by atoms with Crippen LogP contribution >= 0.6 is 34.5 Å². The Morgan fingerprint density at radius 1 is 0.950 bits per heavy atom. The Hall–Kier alpha value is -1.48. The number of aromatic nitrogens is 1. The molecule has 4 aromatic rings. The highest BCUT2D eigenvalue weighted by atomic mass is 35.5. The lowest BCUT2D eigenvalue weighted by Crippen LogP contribution is -1.75. The average Bonchev–Trinajstić information content (AvgIpc) is 3.00. The van der Waals surface area contributed by atoms with Crippen LogP contribution in [0.1, 0.15) is 0 Å². The van der Waals surface area contributed by atoms with Crippen LogP contribution in [0.15, 0.2) is 48.7 Å². The normalized spacial score (nSPS) is 11.5. The van der Waals surface area contributed by atoms with Crippen molar-refractivity contribution in [2.24, 2.45) is 0 Å². The maximum absolute atomic E-state index is 6.12. The predicted octanol–water partition coefficient (Wildman–Crippen LogP) is 6.36. The van der Waals surface area contributed by atoms with E-state index in [4.69, 9.17) is 23.2 Å². The summed E-state index contributed by atoms with van der Waals surface area (Å²) >= 11 is 13.9. The van der Waals surface area contributed by atoms with Crippen molar-refractivity contribution in [1.82, 2.24) is 4.98 Å². The van der Waals surface area contributed by atoms with Crippen LogP contribution in [0, 0.1) is 0 Å². The number of hydrogen-bond acceptors (Lipinski definition) is 1. The summed E-state index contributed by atoms with van der Waals surface area (Å²) in [6.45, 7) is 0. The minimum absolute atomic E-state index is 0.582. The van der Waals surface area contributed by atoms with Gasteiger partial charge in [-0.1, -0.05) is 47.5 Å². The zero-order valence-electron chi connectivity index (χ0n) is 10.3. The Balaban J connectivity index is 2.02. The van der Waals surface area contributed by atoms with E-state index in [1.165, 1.54) is 25.9 Å². The van der Waals surface area contributed by atoms with Gasteiger partial charge in [-0.2, -0.15) is 0 Å². The molecule has 0 aliphatic carbocycles. The van der Waals surface area contributed by atoms with E-state index in [1.54, 1.807) is 11.3 Å². The van der Waals surface area contributed by atoms with E-state index in [0.29, 0.717) is 10.0 Å². The second kappa shape index (κ2) is 4.52. The molecule has 0 aliphatic rings. The third kappa shape index (κ3) is 1.76. The van der Waals surface area contributed by atoms with Crippen LogP contribution in [0.4, 0.5) is 0 Å². The lowest BCUT2D eigenvalue weighted by Gasteiger charge is -2.00.